The van der Waals surface area contributed by atoms with Gasteiger partial charge in [-0.1, -0.05) is 28.1 Å². The van der Waals surface area contributed by atoms with Crippen LogP contribution in [0.5, 0.6) is 0 Å². The third-order valence-electron chi connectivity index (χ3n) is 5.40. The summed E-state index contributed by atoms with van der Waals surface area (Å²) in [5.41, 5.74) is 1.39. The Morgan fingerprint density at radius 2 is 1.68 bits per heavy atom. The van der Waals surface area contributed by atoms with E-state index in [1.807, 2.05) is 35.2 Å². The molecule has 0 aromatic heterocycles. The Hall–Kier alpha value is -2.41. The average molecular weight is 446 g/mol. The molecular formula is C21H21BrFN3O2. The Morgan fingerprint density at radius 1 is 1.00 bits per heavy atom. The van der Waals surface area contributed by atoms with E-state index in [1.165, 1.54) is 6.07 Å². The number of benzene rings is 2. The third-order valence-corrected chi connectivity index (χ3v) is 5.93. The quantitative estimate of drug-likeness (QED) is 0.727. The zero-order valence-corrected chi connectivity index (χ0v) is 16.9. The van der Waals surface area contributed by atoms with Crippen molar-refractivity contribution < 1.29 is 14.0 Å². The standard InChI is InChI=1S/C21H21BrFN3O2/c22-16-5-7-17(8-6-16)26-14-15(13-20(26)27)21(28)25-11-9-24(10-12-25)19-4-2-1-3-18(19)23/h1-8,15H,9-14H2/t15-/m1/s1. The highest BCUT2D eigenvalue weighted by Gasteiger charge is 2.38. The molecule has 1 atom stereocenters. The molecule has 2 aromatic rings. The third kappa shape index (κ3) is 3.76. The summed E-state index contributed by atoms with van der Waals surface area (Å²) < 4.78 is 14.9. The molecule has 4 rings (SSSR count). The molecule has 2 aliphatic heterocycles. The van der Waals surface area contributed by atoms with Gasteiger partial charge in [0.25, 0.3) is 0 Å². The second-order valence-electron chi connectivity index (χ2n) is 7.15. The summed E-state index contributed by atoms with van der Waals surface area (Å²) in [6, 6.07) is 14.2. The predicted molar refractivity (Wildman–Crippen MR) is 110 cm³/mol. The smallest absolute Gasteiger partial charge is 0.228 e. The Morgan fingerprint density at radius 3 is 2.36 bits per heavy atom. The van der Waals surface area contributed by atoms with E-state index in [1.54, 1.807) is 21.9 Å². The van der Waals surface area contributed by atoms with Gasteiger partial charge in [-0.2, -0.15) is 0 Å². The van der Waals surface area contributed by atoms with Crippen LogP contribution in [0.15, 0.2) is 53.0 Å². The highest BCUT2D eigenvalue weighted by Crippen LogP contribution is 2.28. The molecule has 146 valence electrons. The summed E-state index contributed by atoms with van der Waals surface area (Å²) in [6.07, 6.45) is 0.239. The molecule has 0 bridgehead atoms. The zero-order chi connectivity index (χ0) is 19.7. The lowest BCUT2D eigenvalue weighted by atomic mass is 10.1. The predicted octanol–water partition coefficient (Wildman–Crippen LogP) is 3.29. The van der Waals surface area contributed by atoms with Gasteiger partial charge in [0.1, 0.15) is 5.82 Å². The van der Waals surface area contributed by atoms with Gasteiger partial charge in [0.05, 0.1) is 11.6 Å². The van der Waals surface area contributed by atoms with E-state index in [0.29, 0.717) is 38.4 Å². The first kappa shape index (κ1) is 18.9. The average Bonchev–Trinajstić information content (AvgIpc) is 3.10. The number of carbonyl (C=O) groups is 2. The molecule has 0 aliphatic carbocycles. The minimum Gasteiger partial charge on any atom is -0.366 e. The van der Waals surface area contributed by atoms with Crippen LogP contribution in [0.1, 0.15) is 6.42 Å². The van der Waals surface area contributed by atoms with Crippen molar-refractivity contribution in [2.24, 2.45) is 5.92 Å². The van der Waals surface area contributed by atoms with E-state index in [0.717, 1.165) is 10.2 Å². The highest BCUT2D eigenvalue weighted by molar-refractivity contribution is 9.10. The Labute approximate surface area is 171 Å². The molecule has 0 radical (unpaired) electrons. The maximum absolute atomic E-state index is 14.0. The molecule has 2 saturated heterocycles. The molecule has 2 amide bonds. The fourth-order valence-corrected chi connectivity index (χ4v) is 4.14. The Bertz CT molecular complexity index is 881. The number of hydrogen-bond acceptors (Lipinski definition) is 3. The number of rotatable bonds is 3. The number of nitrogens with zero attached hydrogens (tertiary/aromatic N) is 3. The lowest BCUT2D eigenvalue weighted by molar-refractivity contribution is -0.136. The molecule has 0 unspecified atom stereocenters. The van der Waals surface area contributed by atoms with Crippen molar-refractivity contribution in [2.75, 3.05) is 42.5 Å². The summed E-state index contributed by atoms with van der Waals surface area (Å²) in [4.78, 5) is 30.8. The number of carbonyl (C=O) groups excluding carboxylic acids is 2. The zero-order valence-electron chi connectivity index (χ0n) is 15.4. The lowest BCUT2D eigenvalue weighted by Gasteiger charge is -2.37. The van der Waals surface area contributed by atoms with E-state index in [2.05, 4.69) is 15.9 Å². The van der Waals surface area contributed by atoms with E-state index in [4.69, 9.17) is 0 Å². The van der Waals surface area contributed by atoms with Crippen LogP contribution >= 0.6 is 15.9 Å². The van der Waals surface area contributed by atoms with Gasteiger partial charge < -0.3 is 14.7 Å². The first-order chi connectivity index (χ1) is 13.5. The van der Waals surface area contributed by atoms with Crippen LogP contribution in [0, 0.1) is 11.7 Å². The maximum Gasteiger partial charge on any atom is 0.228 e. The normalized spacial score (nSPS) is 20.0. The first-order valence-electron chi connectivity index (χ1n) is 9.37. The number of para-hydroxylation sites is 1. The highest BCUT2D eigenvalue weighted by atomic mass is 79.9. The van der Waals surface area contributed by atoms with E-state index < -0.39 is 0 Å². The molecule has 7 heteroatoms. The number of halogens is 2. The summed E-state index contributed by atoms with van der Waals surface area (Å²) in [5.74, 6) is -0.572. The minimum absolute atomic E-state index is 0.0149. The number of anilines is 2. The summed E-state index contributed by atoms with van der Waals surface area (Å²) in [6.45, 7) is 2.66. The molecular weight excluding hydrogens is 425 g/mol. The van der Waals surface area contributed by atoms with Crippen molar-refractivity contribution in [3.63, 3.8) is 0 Å². The van der Waals surface area contributed by atoms with Crippen molar-refractivity contribution in [3.8, 4) is 0 Å². The fourth-order valence-electron chi connectivity index (χ4n) is 3.88. The summed E-state index contributed by atoms with van der Waals surface area (Å²) >= 11 is 3.39. The molecule has 0 saturated carbocycles. The first-order valence-corrected chi connectivity index (χ1v) is 10.2. The van der Waals surface area contributed by atoms with Crippen molar-refractivity contribution in [1.82, 2.24) is 4.90 Å². The SMILES string of the molecule is O=C([C@@H]1CC(=O)N(c2ccc(Br)cc2)C1)N1CCN(c2ccccc2F)CC1. The van der Waals surface area contributed by atoms with Gasteiger partial charge in [0, 0.05) is 49.3 Å². The van der Waals surface area contributed by atoms with Crippen LogP contribution in [0.3, 0.4) is 0 Å². The molecule has 2 aromatic carbocycles. The number of amides is 2. The van der Waals surface area contributed by atoms with Gasteiger partial charge in [-0.05, 0) is 36.4 Å². The van der Waals surface area contributed by atoms with Gasteiger partial charge >= 0.3 is 0 Å². The number of piperazine rings is 1. The van der Waals surface area contributed by atoms with Crippen LogP contribution < -0.4 is 9.80 Å². The monoisotopic (exact) mass is 445 g/mol. The second kappa shape index (κ2) is 7.91. The molecule has 2 heterocycles. The van der Waals surface area contributed by atoms with Gasteiger partial charge in [-0.25, -0.2) is 4.39 Å². The van der Waals surface area contributed by atoms with Crippen molar-refractivity contribution in [2.45, 2.75) is 6.42 Å². The second-order valence-corrected chi connectivity index (χ2v) is 8.06. The van der Waals surface area contributed by atoms with E-state index in [-0.39, 0.29) is 30.0 Å². The van der Waals surface area contributed by atoms with Crippen LogP contribution in [-0.4, -0.2) is 49.4 Å². The van der Waals surface area contributed by atoms with Crippen LogP contribution in [-0.2, 0) is 9.59 Å². The molecule has 0 N–H and O–H groups in total. The van der Waals surface area contributed by atoms with Crippen LogP contribution in [0.2, 0.25) is 0 Å². The van der Waals surface area contributed by atoms with Crippen LogP contribution in [0.4, 0.5) is 15.8 Å². The topological polar surface area (TPSA) is 43.9 Å². The number of hydrogen-bond donors (Lipinski definition) is 0. The molecule has 28 heavy (non-hydrogen) atoms. The van der Waals surface area contributed by atoms with Gasteiger partial charge in [0.2, 0.25) is 11.8 Å². The Kier molecular flexibility index (Phi) is 5.35. The molecule has 2 aliphatic rings. The van der Waals surface area contributed by atoms with Gasteiger partial charge in [0.15, 0.2) is 0 Å². The van der Waals surface area contributed by atoms with Crippen molar-refractivity contribution in [1.29, 1.82) is 0 Å². The van der Waals surface area contributed by atoms with Crippen LogP contribution in [0.25, 0.3) is 0 Å². The molecule has 0 spiro atoms. The lowest BCUT2D eigenvalue weighted by Crippen LogP contribution is -2.51. The van der Waals surface area contributed by atoms with E-state index >= 15 is 0 Å². The van der Waals surface area contributed by atoms with E-state index in [9.17, 15) is 14.0 Å². The molecule has 2 fully saturated rings. The van der Waals surface area contributed by atoms with Crippen molar-refractivity contribution >= 4 is 39.1 Å². The Balaban J connectivity index is 1.37. The van der Waals surface area contributed by atoms with Gasteiger partial charge in [-0.15, -0.1) is 0 Å². The fraction of sp³-hybridized carbons (Fsp3) is 0.333. The maximum atomic E-state index is 14.0. The van der Waals surface area contributed by atoms with Gasteiger partial charge in [-0.3, -0.25) is 9.59 Å². The summed E-state index contributed by atoms with van der Waals surface area (Å²) in [7, 11) is 0. The largest absolute Gasteiger partial charge is 0.366 e. The minimum atomic E-state index is -0.323. The van der Waals surface area contributed by atoms with Crippen molar-refractivity contribution in [3.05, 3.63) is 58.8 Å². The summed E-state index contributed by atoms with van der Waals surface area (Å²) in [5, 5.41) is 0. The molecule has 5 nitrogen and oxygen atoms in total.